The summed E-state index contributed by atoms with van der Waals surface area (Å²) in [6, 6.07) is 9.15. The van der Waals surface area contributed by atoms with Crippen molar-refractivity contribution in [3.05, 3.63) is 46.4 Å². The number of morpholine rings is 1. The second-order valence-corrected chi connectivity index (χ2v) is 10.1. The maximum Gasteiger partial charge on any atom is 0.269 e. The molecule has 0 saturated carbocycles. The summed E-state index contributed by atoms with van der Waals surface area (Å²) in [5.41, 5.74) is 0.447. The zero-order chi connectivity index (χ0) is 22.9. The molecule has 2 aliphatic heterocycles. The van der Waals surface area contributed by atoms with Crippen LogP contribution in [-0.2, 0) is 25.9 Å². The Balaban J connectivity index is 1.60. The normalized spacial score (nSPS) is 19.4. The van der Waals surface area contributed by atoms with Gasteiger partial charge in [0.2, 0.25) is 10.0 Å². The maximum atomic E-state index is 13.0. The molecule has 0 bridgehead atoms. The topological polar surface area (TPSA) is 133 Å². The van der Waals surface area contributed by atoms with Crippen molar-refractivity contribution in [1.29, 1.82) is 0 Å². The van der Waals surface area contributed by atoms with Crippen molar-refractivity contribution in [3.8, 4) is 5.75 Å². The van der Waals surface area contributed by atoms with Gasteiger partial charge in [-0.05, 0) is 24.3 Å². The lowest BCUT2D eigenvalue weighted by Crippen LogP contribution is -2.40. The van der Waals surface area contributed by atoms with E-state index in [0.717, 1.165) is 0 Å². The molecule has 1 fully saturated rings. The van der Waals surface area contributed by atoms with Gasteiger partial charge in [0, 0.05) is 13.1 Å². The molecule has 32 heavy (non-hydrogen) atoms. The van der Waals surface area contributed by atoms with Crippen LogP contribution >= 0.6 is 23.2 Å². The fraction of sp³-hybridized carbons (Fsp3) is 0.222. The number of rotatable bonds is 4. The zero-order valence-electron chi connectivity index (χ0n) is 16.3. The summed E-state index contributed by atoms with van der Waals surface area (Å²) in [4.78, 5) is -0.270. The molecule has 0 aliphatic carbocycles. The van der Waals surface area contributed by atoms with Gasteiger partial charge in [0.05, 0.1) is 34.6 Å². The van der Waals surface area contributed by atoms with Gasteiger partial charge in [-0.2, -0.15) is 4.31 Å². The number of benzene rings is 2. The number of amidine groups is 2. The highest BCUT2D eigenvalue weighted by atomic mass is 35.5. The Hall–Kier alpha value is -2.22. The number of phenolic OH excluding ortho intramolecular Hbond substituents is 1. The Morgan fingerprint density at radius 2 is 1.59 bits per heavy atom. The van der Waals surface area contributed by atoms with Gasteiger partial charge in [-0.15, -0.1) is 8.80 Å². The van der Waals surface area contributed by atoms with Gasteiger partial charge in [0.1, 0.15) is 4.90 Å². The van der Waals surface area contributed by atoms with E-state index < -0.39 is 26.9 Å². The second-order valence-electron chi connectivity index (χ2n) is 6.63. The molecule has 0 aromatic heterocycles. The molecule has 14 heteroatoms. The first-order chi connectivity index (χ1) is 15.3. The Morgan fingerprint density at radius 3 is 2.28 bits per heavy atom. The van der Waals surface area contributed by atoms with Crippen molar-refractivity contribution >= 4 is 67.4 Å². The lowest BCUT2D eigenvalue weighted by molar-refractivity contribution is 0.0729. The molecule has 0 amide bonds. The SMILES string of the molecule is O=S1N=C(Nc2cccc(S(=O)(=O)N3CCOCC3)c2O)C(Nc2cccc(Cl)c2Cl)=N1. The van der Waals surface area contributed by atoms with Gasteiger partial charge in [-0.3, -0.25) is 0 Å². The zero-order valence-corrected chi connectivity index (χ0v) is 19.4. The number of anilines is 2. The summed E-state index contributed by atoms with van der Waals surface area (Å²) in [5, 5.41) is 16.9. The van der Waals surface area contributed by atoms with Crippen LogP contribution < -0.4 is 10.6 Å². The minimum absolute atomic E-state index is 0.0237. The number of hydrogen-bond acceptors (Lipinski definition) is 7. The van der Waals surface area contributed by atoms with Crippen molar-refractivity contribution < 1.29 is 22.5 Å². The number of nitrogens with zero attached hydrogens (tertiary/aromatic N) is 3. The molecule has 170 valence electrons. The molecule has 1 unspecified atom stereocenters. The first kappa shape index (κ1) is 23.0. The van der Waals surface area contributed by atoms with Crippen LogP contribution in [0, 0.1) is 0 Å². The van der Waals surface area contributed by atoms with Crippen LogP contribution in [0.15, 0.2) is 50.1 Å². The van der Waals surface area contributed by atoms with Crippen molar-refractivity contribution in [2.24, 2.45) is 8.80 Å². The molecule has 0 spiro atoms. The van der Waals surface area contributed by atoms with Crippen molar-refractivity contribution in [2.45, 2.75) is 4.90 Å². The van der Waals surface area contributed by atoms with Gasteiger partial charge in [0.25, 0.3) is 11.2 Å². The van der Waals surface area contributed by atoms with Crippen molar-refractivity contribution in [1.82, 2.24) is 4.31 Å². The number of para-hydroxylation sites is 1. The van der Waals surface area contributed by atoms with E-state index >= 15 is 0 Å². The summed E-state index contributed by atoms with van der Waals surface area (Å²) >= 11 is 10.3. The lowest BCUT2D eigenvalue weighted by atomic mass is 10.2. The van der Waals surface area contributed by atoms with E-state index in [2.05, 4.69) is 19.4 Å². The van der Waals surface area contributed by atoms with Gasteiger partial charge >= 0.3 is 0 Å². The standard InChI is InChI=1S/C18H17Cl2N5O5S2/c19-11-3-1-4-12(15(11)20)21-17-18(24-31(27)23-17)22-13-5-2-6-14(16(13)26)32(28,29)25-7-9-30-10-8-25/h1-6,26H,7-10H2,(H,21,23)(H,22,24). The van der Waals surface area contributed by atoms with Gasteiger partial charge in [-0.1, -0.05) is 35.3 Å². The van der Waals surface area contributed by atoms with Crippen LogP contribution in [-0.4, -0.2) is 60.0 Å². The van der Waals surface area contributed by atoms with Crippen LogP contribution in [0.1, 0.15) is 0 Å². The third-order valence-electron chi connectivity index (χ3n) is 4.61. The number of sulfonamides is 1. The Kier molecular flexibility index (Phi) is 6.70. The molecule has 1 saturated heterocycles. The van der Waals surface area contributed by atoms with Gasteiger partial charge in [0.15, 0.2) is 17.4 Å². The number of aromatic hydroxyl groups is 1. The molecule has 1 atom stereocenters. The lowest BCUT2D eigenvalue weighted by Gasteiger charge is -2.26. The molecule has 3 N–H and O–H groups in total. The van der Waals surface area contributed by atoms with Gasteiger partial charge < -0.3 is 20.5 Å². The van der Waals surface area contributed by atoms with Crippen molar-refractivity contribution in [3.63, 3.8) is 0 Å². The highest BCUT2D eigenvalue weighted by Gasteiger charge is 2.30. The molecule has 2 aromatic carbocycles. The smallest absolute Gasteiger partial charge is 0.269 e. The van der Waals surface area contributed by atoms with Crippen LogP contribution in [0.5, 0.6) is 5.75 Å². The third-order valence-corrected chi connectivity index (χ3v) is 8.03. The molecule has 2 aliphatic rings. The second kappa shape index (κ2) is 9.33. The van der Waals surface area contributed by atoms with E-state index in [0.29, 0.717) is 10.7 Å². The summed E-state index contributed by atoms with van der Waals surface area (Å²) in [6.07, 6.45) is 0. The quantitative estimate of drug-likeness (QED) is 0.530. The molecule has 2 aromatic rings. The first-order valence-corrected chi connectivity index (χ1v) is 12.5. The van der Waals surface area contributed by atoms with E-state index in [1.54, 1.807) is 18.2 Å². The fourth-order valence-corrected chi connectivity index (χ4v) is 5.52. The fourth-order valence-electron chi connectivity index (χ4n) is 3.04. The third kappa shape index (κ3) is 4.60. The number of hydrogen-bond donors (Lipinski definition) is 3. The van der Waals surface area contributed by atoms with Crippen LogP contribution in [0.4, 0.5) is 11.4 Å². The van der Waals surface area contributed by atoms with Crippen molar-refractivity contribution in [2.75, 3.05) is 36.9 Å². The van der Waals surface area contributed by atoms with Crippen LogP contribution in [0.2, 0.25) is 10.0 Å². The number of halogens is 2. The average Bonchev–Trinajstić information content (AvgIpc) is 3.12. The van der Waals surface area contributed by atoms with Gasteiger partial charge in [-0.25, -0.2) is 12.6 Å². The predicted octanol–water partition coefficient (Wildman–Crippen LogP) is 2.63. The van der Waals surface area contributed by atoms with E-state index in [1.165, 1.54) is 22.5 Å². The largest absolute Gasteiger partial charge is 0.504 e. The van der Waals surface area contributed by atoms with E-state index in [9.17, 15) is 17.7 Å². The highest BCUT2D eigenvalue weighted by molar-refractivity contribution is 7.89. The Labute approximate surface area is 196 Å². The van der Waals surface area contributed by atoms with E-state index in [4.69, 9.17) is 27.9 Å². The summed E-state index contributed by atoms with van der Waals surface area (Å²) in [7, 11) is -3.95. The van der Waals surface area contributed by atoms with Crippen LogP contribution in [0.25, 0.3) is 0 Å². The highest BCUT2D eigenvalue weighted by Crippen LogP contribution is 2.34. The van der Waals surface area contributed by atoms with Crippen LogP contribution in [0.3, 0.4) is 0 Å². The molecule has 0 radical (unpaired) electrons. The minimum atomic E-state index is -3.95. The average molecular weight is 518 g/mol. The molecular formula is C18H17Cl2N5O5S2. The molecular weight excluding hydrogens is 501 g/mol. The maximum absolute atomic E-state index is 13.0. The van der Waals surface area contributed by atoms with E-state index in [1.807, 2.05) is 0 Å². The number of nitrogens with one attached hydrogen (secondary N) is 2. The summed E-state index contributed by atoms with van der Waals surface area (Å²) < 4.78 is 52.1. The summed E-state index contributed by atoms with van der Waals surface area (Å²) in [5.74, 6) is -0.400. The monoisotopic (exact) mass is 517 g/mol. The molecule has 2 heterocycles. The first-order valence-electron chi connectivity index (χ1n) is 9.25. The number of phenols is 1. The van der Waals surface area contributed by atoms with E-state index in [-0.39, 0.29) is 53.6 Å². The molecule has 4 rings (SSSR count). The number of ether oxygens (including phenoxy) is 1. The molecule has 10 nitrogen and oxygen atoms in total. The predicted molar refractivity (Wildman–Crippen MR) is 124 cm³/mol. The summed E-state index contributed by atoms with van der Waals surface area (Å²) in [6.45, 7) is 0.925. The Morgan fingerprint density at radius 1 is 1.00 bits per heavy atom. The Bertz CT molecular complexity index is 1250. The minimum Gasteiger partial charge on any atom is -0.504 e.